The van der Waals surface area contributed by atoms with Gasteiger partial charge in [-0.3, -0.25) is 14.4 Å². The Morgan fingerprint density at radius 2 is 2.18 bits per heavy atom. The van der Waals surface area contributed by atoms with Gasteiger partial charge < -0.3 is 19.0 Å². The van der Waals surface area contributed by atoms with Gasteiger partial charge in [-0.2, -0.15) is 0 Å². The van der Waals surface area contributed by atoms with Crippen LogP contribution in [0.2, 0.25) is 0 Å². The maximum absolute atomic E-state index is 12.7. The molecule has 0 bridgehead atoms. The third-order valence-corrected chi connectivity index (χ3v) is 3.99. The Labute approximate surface area is 125 Å². The lowest BCUT2D eigenvalue weighted by Gasteiger charge is -2.15. The van der Waals surface area contributed by atoms with Crippen LogP contribution in [0.4, 0.5) is 0 Å². The van der Waals surface area contributed by atoms with Crippen LogP contribution < -0.4 is 5.56 Å². The molecule has 8 nitrogen and oxygen atoms in total. The van der Waals surface area contributed by atoms with Gasteiger partial charge in [-0.15, -0.1) is 0 Å². The van der Waals surface area contributed by atoms with Gasteiger partial charge in [0.1, 0.15) is 17.5 Å². The highest BCUT2D eigenvalue weighted by Gasteiger charge is 2.34. The van der Waals surface area contributed by atoms with Crippen LogP contribution in [0.25, 0.3) is 11.1 Å². The lowest BCUT2D eigenvalue weighted by atomic mass is 10.1. The van der Waals surface area contributed by atoms with Crippen molar-refractivity contribution in [3.8, 4) is 0 Å². The molecule has 2 aromatic rings. The Morgan fingerprint density at radius 3 is 2.82 bits per heavy atom. The van der Waals surface area contributed by atoms with Gasteiger partial charge >= 0.3 is 5.97 Å². The number of aryl methyl sites for hydroxylation is 2. The lowest BCUT2D eigenvalue weighted by molar-refractivity contribution is -0.141. The minimum atomic E-state index is -0.915. The summed E-state index contributed by atoms with van der Waals surface area (Å²) in [6, 6.07) is 0. The number of furan rings is 1. The number of fused-ring (bicyclic) bond motifs is 1. The highest BCUT2D eigenvalue weighted by Crippen LogP contribution is 2.25. The molecule has 1 N–H and O–H groups in total. The number of aromatic nitrogens is 2. The fraction of sp³-hybridized carbons (Fsp3) is 0.429. The third kappa shape index (κ3) is 2.07. The van der Waals surface area contributed by atoms with E-state index in [1.165, 1.54) is 15.8 Å². The van der Waals surface area contributed by atoms with Crippen LogP contribution in [0.15, 0.2) is 15.5 Å². The van der Waals surface area contributed by atoms with E-state index in [1.54, 1.807) is 14.0 Å². The fourth-order valence-corrected chi connectivity index (χ4v) is 2.75. The molecule has 3 rings (SSSR count). The molecule has 1 atom stereocenters. The largest absolute Gasteiger partial charge is 0.481 e. The highest BCUT2D eigenvalue weighted by molar-refractivity contribution is 6.06. The second kappa shape index (κ2) is 4.97. The van der Waals surface area contributed by atoms with Crippen LogP contribution in [0.1, 0.15) is 22.5 Å². The zero-order valence-corrected chi connectivity index (χ0v) is 12.2. The number of carboxylic acid groups (broad SMARTS) is 1. The second-order valence-corrected chi connectivity index (χ2v) is 5.45. The molecule has 1 aliphatic rings. The fourth-order valence-electron chi connectivity index (χ4n) is 2.75. The monoisotopic (exact) mass is 305 g/mol. The van der Waals surface area contributed by atoms with E-state index in [0.29, 0.717) is 18.7 Å². The number of nitrogens with zero attached hydrogens (tertiary/aromatic N) is 3. The lowest BCUT2D eigenvalue weighted by Crippen LogP contribution is -2.31. The molecule has 0 aliphatic carbocycles. The molecule has 1 aliphatic heterocycles. The van der Waals surface area contributed by atoms with Crippen molar-refractivity contribution < 1.29 is 19.1 Å². The zero-order chi connectivity index (χ0) is 16.0. The number of amides is 1. The van der Waals surface area contributed by atoms with Crippen molar-refractivity contribution in [1.82, 2.24) is 14.5 Å². The summed E-state index contributed by atoms with van der Waals surface area (Å²) in [7, 11) is 1.54. The molecule has 0 saturated carbocycles. The smallest absolute Gasteiger partial charge is 0.308 e. The van der Waals surface area contributed by atoms with Crippen LogP contribution >= 0.6 is 0 Å². The number of carbonyl (C=O) groups excluding carboxylic acids is 1. The number of hydrogen-bond acceptors (Lipinski definition) is 5. The van der Waals surface area contributed by atoms with E-state index in [0.717, 1.165) is 0 Å². The van der Waals surface area contributed by atoms with Crippen LogP contribution in [0, 0.1) is 12.8 Å². The van der Waals surface area contributed by atoms with Gasteiger partial charge in [0.05, 0.1) is 11.5 Å². The van der Waals surface area contributed by atoms with E-state index < -0.39 is 11.9 Å². The van der Waals surface area contributed by atoms with Gasteiger partial charge in [0.2, 0.25) is 5.71 Å². The predicted molar refractivity (Wildman–Crippen MR) is 75.6 cm³/mol. The number of aliphatic carboxylic acids is 1. The average Bonchev–Trinajstić information content (AvgIpc) is 3.07. The molecule has 8 heteroatoms. The van der Waals surface area contributed by atoms with Gasteiger partial charge in [0.15, 0.2) is 0 Å². The number of hydrogen-bond donors (Lipinski definition) is 1. The van der Waals surface area contributed by atoms with Crippen molar-refractivity contribution in [1.29, 1.82) is 0 Å². The van der Waals surface area contributed by atoms with Crippen molar-refractivity contribution in [2.75, 3.05) is 13.1 Å². The highest BCUT2D eigenvalue weighted by atomic mass is 16.4. The van der Waals surface area contributed by atoms with E-state index in [1.807, 2.05) is 0 Å². The number of carboxylic acids is 1. The SMILES string of the molecule is Cc1oc2ncn(C)c(=O)c2c1C(=O)N1CCC(C(=O)O)C1. The minimum absolute atomic E-state index is 0.123. The quantitative estimate of drug-likeness (QED) is 0.860. The van der Waals surface area contributed by atoms with E-state index in [2.05, 4.69) is 4.98 Å². The molecule has 22 heavy (non-hydrogen) atoms. The van der Waals surface area contributed by atoms with Crippen molar-refractivity contribution >= 4 is 23.0 Å². The third-order valence-electron chi connectivity index (χ3n) is 3.99. The van der Waals surface area contributed by atoms with Gasteiger partial charge in [0, 0.05) is 20.1 Å². The molecule has 0 aromatic carbocycles. The Morgan fingerprint density at radius 1 is 1.45 bits per heavy atom. The Bertz CT molecular complexity index is 835. The second-order valence-electron chi connectivity index (χ2n) is 5.45. The molecule has 1 amide bonds. The summed E-state index contributed by atoms with van der Waals surface area (Å²) in [4.78, 5) is 41.4. The number of likely N-dealkylation sites (tertiary alicyclic amines) is 1. The van der Waals surface area contributed by atoms with Crippen LogP contribution in [0.3, 0.4) is 0 Å². The van der Waals surface area contributed by atoms with E-state index in [4.69, 9.17) is 9.52 Å². The maximum Gasteiger partial charge on any atom is 0.308 e. The first-order chi connectivity index (χ1) is 10.4. The van der Waals surface area contributed by atoms with Crippen molar-refractivity contribution in [3.63, 3.8) is 0 Å². The van der Waals surface area contributed by atoms with E-state index >= 15 is 0 Å². The first-order valence-electron chi connectivity index (χ1n) is 6.87. The van der Waals surface area contributed by atoms with Gasteiger partial charge in [-0.05, 0) is 13.3 Å². The first kappa shape index (κ1) is 14.3. The molecule has 1 unspecified atom stereocenters. The Hall–Kier alpha value is -2.64. The summed E-state index contributed by atoms with van der Waals surface area (Å²) >= 11 is 0. The molecule has 2 aromatic heterocycles. The molecule has 0 spiro atoms. The van der Waals surface area contributed by atoms with Crippen LogP contribution in [0.5, 0.6) is 0 Å². The number of rotatable bonds is 2. The Balaban J connectivity index is 2.05. The molecule has 1 fully saturated rings. The van der Waals surface area contributed by atoms with E-state index in [-0.39, 0.29) is 34.7 Å². The summed E-state index contributed by atoms with van der Waals surface area (Å²) in [5, 5.41) is 9.18. The van der Waals surface area contributed by atoms with Crippen LogP contribution in [-0.2, 0) is 11.8 Å². The zero-order valence-electron chi connectivity index (χ0n) is 12.2. The Kier molecular flexibility index (Phi) is 3.23. The van der Waals surface area contributed by atoms with Gasteiger partial charge in [-0.25, -0.2) is 4.98 Å². The predicted octanol–water partition coefficient (Wildman–Crippen LogP) is 0.382. The van der Waals surface area contributed by atoms with Crippen molar-refractivity contribution in [2.24, 2.45) is 13.0 Å². The standard InChI is InChI=1S/C14H15N3O5/c1-7-9(10-11(22-7)15-6-16(2)12(10)18)13(19)17-4-3-8(5-17)14(20)21/h6,8H,3-5H2,1-2H3,(H,20,21). The molecular formula is C14H15N3O5. The van der Waals surface area contributed by atoms with E-state index in [9.17, 15) is 14.4 Å². The van der Waals surface area contributed by atoms with Gasteiger partial charge in [0.25, 0.3) is 11.5 Å². The van der Waals surface area contributed by atoms with Crippen molar-refractivity contribution in [3.05, 3.63) is 28.0 Å². The molecule has 0 radical (unpaired) electrons. The summed E-state index contributed by atoms with van der Waals surface area (Å²) < 4.78 is 6.68. The number of carbonyl (C=O) groups is 2. The summed E-state index contributed by atoms with van der Waals surface area (Å²) in [5.74, 6) is -1.55. The summed E-state index contributed by atoms with van der Waals surface area (Å²) in [6.45, 7) is 2.09. The minimum Gasteiger partial charge on any atom is -0.481 e. The van der Waals surface area contributed by atoms with Crippen molar-refractivity contribution in [2.45, 2.75) is 13.3 Å². The first-order valence-corrected chi connectivity index (χ1v) is 6.87. The molecule has 116 valence electrons. The maximum atomic E-state index is 12.7. The summed E-state index contributed by atoms with van der Waals surface area (Å²) in [6.07, 6.45) is 1.74. The molecule has 3 heterocycles. The van der Waals surface area contributed by atoms with Crippen LogP contribution in [-0.4, -0.2) is 44.5 Å². The summed E-state index contributed by atoms with van der Waals surface area (Å²) in [5.41, 5.74) is -0.0631. The molecular weight excluding hydrogens is 290 g/mol. The normalized spacial score (nSPS) is 18.1. The topological polar surface area (TPSA) is 106 Å². The average molecular weight is 305 g/mol. The molecule has 1 saturated heterocycles. The van der Waals surface area contributed by atoms with Gasteiger partial charge in [-0.1, -0.05) is 0 Å².